The van der Waals surface area contributed by atoms with E-state index < -0.39 is 12.2 Å². The van der Waals surface area contributed by atoms with Crippen molar-refractivity contribution < 1.29 is 18.0 Å². The first-order valence-corrected chi connectivity index (χ1v) is 11.2. The summed E-state index contributed by atoms with van der Waals surface area (Å²) in [5.74, 6) is 0.432. The van der Waals surface area contributed by atoms with Gasteiger partial charge in [-0.05, 0) is 45.1 Å². The number of amides is 1. The number of alkyl halides is 3. The normalized spacial score (nSPS) is 25.3. The monoisotopic (exact) mass is 443 g/mol. The van der Waals surface area contributed by atoms with Crippen LogP contribution in [0.15, 0.2) is 6.07 Å². The molecule has 3 rings (SSSR count). The Balaban J connectivity index is 1.72. The standard InChI is InChI=1S/C22H36F3N5O/c1-7-21(5,6)27-19(31)13-29-9-8-14(12-29)15-10-18-26-16(20(2,3)4)11-17(22(23,24)25)30(18)28-15/h10,14,16-17,26H,7-9,11-13H2,1-6H3,(H,27,31)/t14-,16-,17+/m1/s1. The van der Waals surface area contributed by atoms with E-state index in [0.29, 0.717) is 24.6 Å². The van der Waals surface area contributed by atoms with Gasteiger partial charge in [-0.15, -0.1) is 0 Å². The van der Waals surface area contributed by atoms with Gasteiger partial charge in [-0.25, -0.2) is 4.68 Å². The number of carbonyl (C=O) groups excluding carboxylic acids is 1. The summed E-state index contributed by atoms with van der Waals surface area (Å²) in [6, 6.07) is -0.145. The topological polar surface area (TPSA) is 62.2 Å². The second kappa shape index (κ2) is 8.30. The molecule has 0 aliphatic carbocycles. The van der Waals surface area contributed by atoms with E-state index in [2.05, 4.69) is 20.6 Å². The number of hydrogen-bond donors (Lipinski definition) is 2. The molecule has 0 saturated carbocycles. The summed E-state index contributed by atoms with van der Waals surface area (Å²) in [6.07, 6.45) is -2.77. The molecule has 0 unspecified atom stereocenters. The Morgan fingerprint density at radius 2 is 1.94 bits per heavy atom. The van der Waals surface area contributed by atoms with Crippen LogP contribution in [0.1, 0.15) is 78.5 Å². The van der Waals surface area contributed by atoms with E-state index in [1.807, 2.05) is 41.5 Å². The van der Waals surface area contributed by atoms with Crippen molar-refractivity contribution in [2.24, 2.45) is 5.41 Å². The maximum absolute atomic E-state index is 13.8. The summed E-state index contributed by atoms with van der Waals surface area (Å²) in [5, 5.41) is 10.7. The minimum atomic E-state index is -4.35. The van der Waals surface area contributed by atoms with Gasteiger partial charge in [0.05, 0.1) is 12.2 Å². The van der Waals surface area contributed by atoms with Gasteiger partial charge < -0.3 is 10.6 Å². The fourth-order valence-corrected chi connectivity index (χ4v) is 4.29. The Hall–Kier alpha value is -1.77. The van der Waals surface area contributed by atoms with Crippen molar-refractivity contribution in [3.05, 3.63) is 11.8 Å². The number of anilines is 1. The smallest absolute Gasteiger partial charge is 0.367 e. The van der Waals surface area contributed by atoms with E-state index in [9.17, 15) is 18.0 Å². The quantitative estimate of drug-likeness (QED) is 0.712. The zero-order valence-electron chi connectivity index (χ0n) is 19.4. The molecule has 1 fully saturated rings. The Kier molecular flexibility index (Phi) is 6.39. The lowest BCUT2D eigenvalue weighted by molar-refractivity contribution is -0.175. The zero-order valence-corrected chi connectivity index (χ0v) is 19.4. The van der Waals surface area contributed by atoms with Crippen LogP contribution in [0.2, 0.25) is 0 Å². The van der Waals surface area contributed by atoms with Crippen molar-refractivity contribution in [2.75, 3.05) is 25.0 Å². The molecular weight excluding hydrogens is 407 g/mol. The fourth-order valence-electron chi connectivity index (χ4n) is 4.29. The first-order chi connectivity index (χ1) is 14.2. The van der Waals surface area contributed by atoms with Gasteiger partial charge in [0.15, 0.2) is 6.04 Å². The van der Waals surface area contributed by atoms with Gasteiger partial charge in [0.25, 0.3) is 0 Å². The lowest BCUT2D eigenvalue weighted by Gasteiger charge is -2.39. The summed E-state index contributed by atoms with van der Waals surface area (Å²) >= 11 is 0. The van der Waals surface area contributed by atoms with Crippen LogP contribution < -0.4 is 10.6 Å². The molecule has 1 aromatic heterocycles. The Morgan fingerprint density at radius 3 is 2.52 bits per heavy atom. The summed E-state index contributed by atoms with van der Waals surface area (Å²) in [6.45, 7) is 13.5. The third kappa shape index (κ3) is 5.54. The number of fused-ring (bicyclic) bond motifs is 1. The average molecular weight is 444 g/mol. The molecule has 0 radical (unpaired) electrons. The highest BCUT2D eigenvalue weighted by molar-refractivity contribution is 5.78. The number of rotatable bonds is 5. The van der Waals surface area contributed by atoms with Crippen molar-refractivity contribution >= 4 is 11.7 Å². The Bertz CT molecular complexity index is 796. The number of likely N-dealkylation sites (tertiary alicyclic amines) is 1. The van der Waals surface area contributed by atoms with Crippen LogP contribution in [0.3, 0.4) is 0 Å². The van der Waals surface area contributed by atoms with Crippen molar-refractivity contribution in [3.8, 4) is 0 Å². The van der Waals surface area contributed by atoms with Gasteiger partial charge >= 0.3 is 6.18 Å². The summed E-state index contributed by atoms with van der Waals surface area (Å²) in [7, 11) is 0. The number of halogens is 3. The van der Waals surface area contributed by atoms with Crippen molar-refractivity contribution in [1.29, 1.82) is 0 Å². The van der Waals surface area contributed by atoms with Crippen molar-refractivity contribution in [1.82, 2.24) is 20.0 Å². The van der Waals surface area contributed by atoms with Gasteiger partial charge in [-0.3, -0.25) is 9.69 Å². The highest BCUT2D eigenvalue weighted by atomic mass is 19.4. The van der Waals surface area contributed by atoms with Crippen LogP contribution in [0, 0.1) is 5.41 Å². The highest BCUT2D eigenvalue weighted by Crippen LogP contribution is 2.44. The molecule has 0 bridgehead atoms. The Morgan fingerprint density at radius 1 is 1.26 bits per heavy atom. The van der Waals surface area contributed by atoms with Gasteiger partial charge in [0.2, 0.25) is 5.91 Å². The number of nitrogens with one attached hydrogen (secondary N) is 2. The van der Waals surface area contributed by atoms with Crippen LogP contribution in [-0.4, -0.2) is 58.0 Å². The molecule has 6 nitrogen and oxygen atoms in total. The van der Waals surface area contributed by atoms with Crippen LogP contribution in [-0.2, 0) is 4.79 Å². The molecule has 0 aromatic carbocycles. The lowest BCUT2D eigenvalue weighted by Crippen LogP contribution is -2.47. The molecule has 1 aromatic rings. The molecule has 1 saturated heterocycles. The van der Waals surface area contributed by atoms with Crippen LogP contribution in [0.25, 0.3) is 0 Å². The van der Waals surface area contributed by atoms with Crippen molar-refractivity contribution in [3.63, 3.8) is 0 Å². The summed E-state index contributed by atoms with van der Waals surface area (Å²) in [4.78, 5) is 14.4. The predicted octanol–water partition coefficient (Wildman–Crippen LogP) is 4.31. The molecule has 2 N–H and O–H groups in total. The third-order valence-electron chi connectivity index (χ3n) is 6.67. The largest absolute Gasteiger partial charge is 0.410 e. The maximum atomic E-state index is 13.8. The van der Waals surface area contributed by atoms with Gasteiger partial charge in [0, 0.05) is 30.1 Å². The molecule has 2 aliphatic rings. The Labute approximate surface area is 182 Å². The maximum Gasteiger partial charge on any atom is 0.410 e. The third-order valence-corrected chi connectivity index (χ3v) is 6.67. The minimum Gasteiger partial charge on any atom is -0.367 e. The fraction of sp³-hybridized carbons (Fsp3) is 0.818. The van der Waals surface area contributed by atoms with E-state index in [1.54, 1.807) is 6.07 Å². The zero-order chi connectivity index (χ0) is 23.2. The van der Waals surface area contributed by atoms with E-state index >= 15 is 0 Å². The number of hydrogen-bond acceptors (Lipinski definition) is 4. The van der Waals surface area contributed by atoms with E-state index in [0.717, 1.165) is 24.1 Å². The van der Waals surface area contributed by atoms with Gasteiger partial charge in [-0.1, -0.05) is 27.7 Å². The first kappa shape index (κ1) is 23.9. The molecule has 3 atom stereocenters. The molecule has 9 heteroatoms. The van der Waals surface area contributed by atoms with E-state index in [1.165, 1.54) is 0 Å². The van der Waals surface area contributed by atoms with Gasteiger partial charge in [-0.2, -0.15) is 18.3 Å². The average Bonchev–Trinajstić information content (AvgIpc) is 3.24. The molecule has 3 heterocycles. The van der Waals surface area contributed by atoms with Crippen molar-refractivity contribution in [2.45, 2.75) is 90.5 Å². The van der Waals surface area contributed by atoms with E-state index in [4.69, 9.17) is 0 Å². The molecule has 31 heavy (non-hydrogen) atoms. The number of nitrogens with zero attached hydrogens (tertiary/aromatic N) is 3. The number of aromatic nitrogens is 2. The highest BCUT2D eigenvalue weighted by Gasteiger charge is 2.48. The van der Waals surface area contributed by atoms with Crippen LogP contribution >= 0.6 is 0 Å². The molecule has 2 aliphatic heterocycles. The molecule has 176 valence electrons. The lowest BCUT2D eigenvalue weighted by atomic mass is 9.82. The second-order valence-corrected chi connectivity index (χ2v) is 10.8. The second-order valence-electron chi connectivity index (χ2n) is 10.8. The first-order valence-electron chi connectivity index (χ1n) is 11.2. The summed E-state index contributed by atoms with van der Waals surface area (Å²) in [5.41, 5.74) is 0.118. The van der Waals surface area contributed by atoms with Gasteiger partial charge in [0.1, 0.15) is 5.82 Å². The molecular formula is C22H36F3N5O. The SMILES string of the molecule is CCC(C)(C)NC(=O)CN1CC[C@@H](c2cc3n(n2)[C@H](C(F)(F)F)C[C@H](C(C)(C)C)N3)C1. The van der Waals surface area contributed by atoms with Crippen LogP contribution in [0.4, 0.5) is 19.0 Å². The molecule has 0 spiro atoms. The van der Waals surface area contributed by atoms with Crippen LogP contribution in [0.5, 0.6) is 0 Å². The molecule has 1 amide bonds. The summed E-state index contributed by atoms with van der Waals surface area (Å²) < 4.78 is 42.5. The number of carbonyl (C=O) groups is 1. The predicted molar refractivity (Wildman–Crippen MR) is 115 cm³/mol. The minimum absolute atomic E-state index is 0.0221. The van der Waals surface area contributed by atoms with E-state index in [-0.39, 0.29) is 35.2 Å².